The maximum atomic E-state index is 13.5. The second-order valence-corrected chi connectivity index (χ2v) is 6.22. The van der Waals surface area contributed by atoms with Crippen molar-refractivity contribution in [3.8, 4) is 0 Å². The van der Waals surface area contributed by atoms with E-state index in [0.717, 1.165) is 23.4 Å². The smallest absolute Gasteiger partial charge is 0.312 e. The molecule has 1 fully saturated rings. The molecule has 0 aromatic carbocycles. The van der Waals surface area contributed by atoms with E-state index in [1.807, 2.05) is 6.92 Å². The Labute approximate surface area is 145 Å². The van der Waals surface area contributed by atoms with Gasteiger partial charge in [0.15, 0.2) is 0 Å². The maximum absolute atomic E-state index is 13.5. The van der Waals surface area contributed by atoms with E-state index in [1.165, 1.54) is 19.2 Å². The lowest BCUT2D eigenvalue weighted by Gasteiger charge is -2.25. The van der Waals surface area contributed by atoms with E-state index in [2.05, 4.69) is 10.3 Å². The molecule has 2 rings (SSSR count). The van der Waals surface area contributed by atoms with Crippen molar-refractivity contribution in [3.63, 3.8) is 0 Å². The largest absolute Gasteiger partial charge is 0.452 e. The van der Waals surface area contributed by atoms with Gasteiger partial charge >= 0.3 is 7.48 Å². The zero-order chi connectivity index (χ0) is 18.6. The lowest BCUT2D eigenvalue weighted by atomic mass is 9.85. The number of carbonyl (C=O) groups is 2. The molecule has 0 unspecified atom stereocenters. The highest BCUT2D eigenvalue weighted by atomic mass is 19.3. The van der Waals surface area contributed by atoms with Gasteiger partial charge in [-0.1, -0.05) is 13.3 Å². The number of hydrogen-bond donors (Lipinski definition) is 2. The van der Waals surface area contributed by atoms with E-state index in [1.54, 1.807) is 6.07 Å². The van der Waals surface area contributed by atoms with Gasteiger partial charge in [-0.2, -0.15) is 0 Å². The molecule has 2 amide bonds. The third-order valence-electron chi connectivity index (χ3n) is 4.07. The van der Waals surface area contributed by atoms with E-state index >= 15 is 0 Å². The van der Waals surface area contributed by atoms with E-state index in [9.17, 15) is 18.4 Å². The zero-order valence-electron chi connectivity index (χ0n) is 14.2. The number of carbonyl (C=O) groups excluding carboxylic acids is 2. The van der Waals surface area contributed by atoms with Gasteiger partial charge in [-0.05, 0) is 25.5 Å². The summed E-state index contributed by atoms with van der Waals surface area (Å²) in [4.78, 5) is 29.7. The van der Waals surface area contributed by atoms with Crippen LogP contribution in [-0.4, -0.2) is 58.7 Å². The fourth-order valence-corrected chi connectivity index (χ4v) is 2.82. The summed E-state index contributed by atoms with van der Waals surface area (Å²) >= 11 is 0. The summed E-state index contributed by atoms with van der Waals surface area (Å²) in [6, 6.07) is 2.18. The van der Waals surface area contributed by atoms with Crippen LogP contribution in [0.3, 0.4) is 0 Å². The van der Waals surface area contributed by atoms with E-state index in [-0.39, 0.29) is 0 Å². The van der Waals surface area contributed by atoms with Crippen molar-refractivity contribution in [1.29, 1.82) is 0 Å². The number of rotatable bonds is 6. The summed E-state index contributed by atoms with van der Waals surface area (Å²) in [5.41, 5.74) is 1.12. The van der Waals surface area contributed by atoms with Crippen LogP contribution < -0.4 is 5.32 Å². The first kappa shape index (κ1) is 19.3. The molecule has 0 bridgehead atoms. The Morgan fingerprint density at radius 3 is 2.92 bits per heavy atom. The Hall–Kier alpha value is -2.03. The van der Waals surface area contributed by atoms with Crippen LogP contribution in [-0.2, 0) is 11.2 Å². The summed E-state index contributed by atoms with van der Waals surface area (Å²) in [6.07, 6.45) is 2.51. The summed E-state index contributed by atoms with van der Waals surface area (Å²) in [7, 11) is 0.591. The molecule has 0 spiro atoms. The number of hydrogen-bond acceptors (Lipinski definition) is 4. The predicted octanol–water partition coefficient (Wildman–Crippen LogP) is 0.958. The molecule has 2 N–H and O–H groups in total. The van der Waals surface area contributed by atoms with Crippen molar-refractivity contribution >= 4 is 19.3 Å². The van der Waals surface area contributed by atoms with Crippen LogP contribution >= 0.6 is 0 Å². The van der Waals surface area contributed by atoms with Crippen molar-refractivity contribution in [2.24, 2.45) is 0 Å². The zero-order valence-corrected chi connectivity index (χ0v) is 14.2. The molecule has 1 aromatic heterocycles. The van der Waals surface area contributed by atoms with Crippen LogP contribution in [0, 0.1) is 0 Å². The van der Waals surface area contributed by atoms with Crippen LogP contribution in [0.2, 0.25) is 0 Å². The fourth-order valence-electron chi connectivity index (χ4n) is 2.82. The van der Waals surface area contributed by atoms with Crippen LogP contribution in [0.1, 0.15) is 42.7 Å². The van der Waals surface area contributed by atoms with Gasteiger partial charge in [0.1, 0.15) is 6.04 Å². The SMILES string of the molecule is CCCc1cc(C(=O)N[C@@H](C)C(=O)N2CC(F)(F)C[C@H]2[B]O)ccn1. The average Bonchev–Trinajstić information content (AvgIpc) is 2.89. The van der Waals surface area contributed by atoms with E-state index in [4.69, 9.17) is 5.02 Å². The molecule has 1 aliphatic heterocycles. The molecule has 2 atom stereocenters. The van der Waals surface area contributed by atoms with Gasteiger partial charge in [0.05, 0.1) is 6.54 Å². The van der Waals surface area contributed by atoms with Crippen molar-refractivity contribution in [2.75, 3.05) is 6.54 Å². The summed E-state index contributed by atoms with van der Waals surface area (Å²) < 4.78 is 27.0. The van der Waals surface area contributed by atoms with Gasteiger partial charge in [0, 0.05) is 29.8 Å². The Morgan fingerprint density at radius 2 is 2.28 bits per heavy atom. The molecule has 0 saturated carbocycles. The molecule has 2 heterocycles. The number of aromatic nitrogens is 1. The lowest BCUT2D eigenvalue weighted by Crippen LogP contribution is -2.50. The number of pyridine rings is 1. The normalized spacial score (nSPS) is 20.2. The van der Waals surface area contributed by atoms with Gasteiger partial charge in [-0.3, -0.25) is 14.6 Å². The first-order valence-electron chi connectivity index (χ1n) is 8.19. The molecule has 135 valence electrons. The van der Waals surface area contributed by atoms with E-state index < -0.39 is 42.7 Å². The van der Waals surface area contributed by atoms with Crippen molar-refractivity contribution in [2.45, 2.75) is 51.0 Å². The highest BCUT2D eigenvalue weighted by molar-refractivity contribution is 6.28. The maximum Gasteiger partial charge on any atom is 0.312 e. The highest BCUT2D eigenvalue weighted by Gasteiger charge is 2.47. The van der Waals surface area contributed by atoms with Gasteiger partial charge in [-0.15, -0.1) is 0 Å². The molecular formula is C16H21BF2N3O3. The van der Waals surface area contributed by atoms with Gasteiger partial charge in [-0.25, -0.2) is 8.78 Å². The van der Waals surface area contributed by atoms with Crippen LogP contribution in [0.5, 0.6) is 0 Å². The van der Waals surface area contributed by atoms with Crippen molar-refractivity contribution < 1.29 is 23.4 Å². The molecule has 1 radical (unpaired) electrons. The second-order valence-electron chi connectivity index (χ2n) is 6.22. The number of amides is 2. The Balaban J connectivity index is 2.03. The Morgan fingerprint density at radius 1 is 1.56 bits per heavy atom. The Bertz CT molecular complexity index is 645. The fraction of sp³-hybridized carbons (Fsp3) is 0.562. The third-order valence-corrected chi connectivity index (χ3v) is 4.07. The number of aryl methyl sites for hydroxylation is 1. The number of halogens is 2. The highest BCUT2D eigenvalue weighted by Crippen LogP contribution is 2.31. The number of alkyl halides is 2. The molecule has 6 nitrogen and oxygen atoms in total. The average molecular weight is 352 g/mol. The minimum absolute atomic E-state index is 0.357. The minimum atomic E-state index is -3.05. The number of likely N-dealkylation sites (tertiary alicyclic amines) is 1. The summed E-state index contributed by atoms with van der Waals surface area (Å²) in [5, 5.41) is 11.6. The second kappa shape index (κ2) is 7.90. The van der Waals surface area contributed by atoms with Crippen LogP contribution in [0.25, 0.3) is 0 Å². The number of nitrogens with zero attached hydrogens (tertiary/aromatic N) is 2. The standard InChI is InChI=1S/C16H21BF2N3O3/c1-3-4-12-7-11(5-6-20-12)14(23)21-10(2)15(24)22-9-16(18,19)8-13(22)17-25/h5-7,10,13,25H,3-4,8-9H2,1-2H3,(H,21,23)/t10-,13-/m0/s1. The monoisotopic (exact) mass is 352 g/mol. The number of nitrogens with one attached hydrogen (secondary N) is 1. The van der Waals surface area contributed by atoms with Crippen LogP contribution in [0.15, 0.2) is 18.3 Å². The van der Waals surface area contributed by atoms with Gasteiger partial charge in [0.25, 0.3) is 11.8 Å². The quantitative estimate of drug-likeness (QED) is 0.747. The first-order chi connectivity index (χ1) is 11.8. The van der Waals surface area contributed by atoms with E-state index in [0.29, 0.717) is 13.0 Å². The van der Waals surface area contributed by atoms with Crippen LogP contribution in [0.4, 0.5) is 8.78 Å². The summed E-state index contributed by atoms with van der Waals surface area (Å²) in [6.45, 7) is 2.65. The third kappa shape index (κ3) is 4.75. The predicted molar refractivity (Wildman–Crippen MR) is 88.2 cm³/mol. The van der Waals surface area contributed by atoms with Crippen molar-refractivity contribution in [3.05, 3.63) is 29.6 Å². The topological polar surface area (TPSA) is 82.5 Å². The lowest BCUT2D eigenvalue weighted by molar-refractivity contribution is -0.134. The molecule has 1 saturated heterocycles. The molecule has 1 aromatic rings. The molecule has 9 heteroatoms. The van der Waals surface area contributed by atoms with Crippen molar-refractivity contribution in [1.82, 2.24) is 15.2 Å². The Kier molecular flexibility index (Phi) is 6.10. The molecule has 1 aliphatic rings. The summed E-state index contributed by atoms with van der Waals surface area (Å²) in [5.74, 6) is -5.25. The molecule has 25 heavy (non-hydrogen) atoms. The van der Waals surface area contributed by atoms with Gasteiger partial charge < -0.3 is 15.2 Å². The molecular weight excluding hydrogens is 331 g/mol. The molecule has 0 aliphatic carbocycles. The first-order valence-corrected chi connectivity index (χ1v) is 8.19. The van der Waals surface area contributed by atoms with Gasteiger partial charge in [0.2, 0.25) is 5.91 Å². The minimum Gasteiger partial charge on any atom is -0.452 e.